The highest BCUT2D eigenvalue weighted by atomic mass is 32.2. The van der Waals surface area contributed by atoms with Crippen LogP contribution in [0.1, 0.15) is 24.8 Å². The molecule has 31 heavy (non-hydrogen) atoms. The van der Waals surface area contributed by atoms with Gasteiger partial charge in [0.05, 0.1) is 10.6 Å². The van der Waals surface area contributed by atoms with Gasteiger partial charge in [0.1, 0.15) is 5.75 Å². The number of carbonyl (C=O) groups excluding carboxylic acids is 1. The van der Waals surface area contributed by atoms with Crippen molar-refractivity contribution in [2.24, 2.45) is 0 Å². The molecule has 10 heteroatoms. The maximum Gasteiger partial charge on any atom is 0.422 e. The highest BCUT2D eigenvalue weighted by Crippen LogP contribution is 2.27. The minimum Gasteiger partial charge on any atom is -0.482 e. The smallest absolute Gasteiger partial charge is 0.422 e. The number of nitrogens with one attached hydrogen (secondary N) is 1. The van der Waals surface area contributed by atoms with Crippen LogP contribution in [0.25, 0.3) is 0 Å². The molecule has 0 unspecified atom stereocenters. The zero-order valence-corrected chi connectivity index (χ0v) is 17.5. The maximum absolute atomic E-state index is 12.5. The lowest BCUT2D eigenvalue weighted by molar-refractivity contribution is -0.153. The molecule has 1 amide bonds. The van der Waals surface area contributed by atoms with Crippen LogP contribution in [0.2, 0.25) is 0 Å². The number of anilines is 1. The highest BCUT2D eigenvalue weighted by Gasteiger charge is 2.29. The molecular formula is C21H23F3N2O4S. The van der Waals surface area contributed by atoms with Crippen LogP contribution in [0.3, 0.4) is 0 Å². The Bertz CT molecular complexity index is 1000. The van der Waals surface area contributed by atoms with Crippen molar-refractivity contribution in [2.45, 2.75) is 36.8 Å². The van der Waals surface area contributed by atoms with Gasteiger partial charge in [-0.25, -0.2) is 8.42 Å². The van der Waals surface area contributed by atoms with Crippen LogP contribution >= 0.6 is 0 Å². The first kappa shape index (κ1) is 23.1. The predicted octanol–water partition coefficient (Wildman–Crippen LogP) is 3.98. The fraction of sp³-hybridized carbons (Fsp3) is 0.381. The molecule has 0 spiro atoms. The Morgan fingerprint density at radius 2 is 1.68 bits per heavy atom. The summed E-state index contributed by atoms with van der Waals surface area (Å²) in [7, 11) is -3.49. The van der Waals surface area contributed by atoms with Crippen LogP contribution in [0.4, 0.5) is 18.9 Å². The standard InChI is InChI=1S/C21H23F3N2O4S/c22-21(23,24)15-30-19-6-2-1-5-18(19)25-20(27)12-9-16-7-10-17(11-8-16)31(28,29)26-13-3-4-14-26/h1-2,5-8,10-11H,3-4,9,12-15H2,(H,25,27). The SMILES string of the molecule is O=C(CCc1ccc(S(=O)(=O)N2CCCC2)cc1)Nc1ccccc1OCC(F)(F)F. The molecule has 2 aromatic carbocycles. The van der Waals surface area contributed by atoms with Gasteiger partial charge in [-0.15, -0.1) is 0 Å². The van der Waals surface area contributed by atoms with Crippen LogP contribution in [-0.4, -0.2) is 44.5 Å². The molecule has 1 N–H and O–H groups in total. The summed E-state index contributed by atoms with van der Waals surface area (Å²) in [4.78, 5) is 12.5. The topological polar surface area (TPSA) is 75.7 Å². The second kappa shape index (κ2) is 9.69. The molecule has 168 valence electrons. The fourth-order valence-corrected chi connectivity index (χ4v) is 4.75. The Hall–Kier alpha value is -2.59. The van der Waals surface area contributed by atoms with E-state index < -0.39 is 28.7 Å². The van der Waals surface area contributed by atoms with E-state index in [1.165, 1.54) is 34.6 Å². The molecule has 1 aliphatic rings. The second-order valence-electron chi connectivity index (χ2n) is 7.20. The zero-order valence-electron chi connectivity index (χ0n) is 16.7. The quantitative estimate of drug-likeness (QED) is 0.652. The normalized spacial score (nSPS) is 15.1. The summed E-state index contributed by atoms with van der Waals surface area (Å²) < 4.78 is 68.4. The Kier molecular flexibility index (Phi) is 7.22. The van der Waals surface area contributed by atoms with Crippen molar-refractivity contribution >= 4 is 21.6 Å². The molecular weight excluding hydrogens is 433 g/mol. The molecule has 0 saturated carbocycles. The Morgan fingerprint density at radius 1 is 1.03 bits per heavy atom. The number of nitrogens with zero attached hydrogens (tertiary/aromatic N) is 1. The molecule has 0 aromatic heterocycles. The first-order chi connectivity index (χ1) is 14.6. The second-order valence-corrected chi connectivity index (χ2v) is 9.14. The van der Waals surface area contributed by atoms with Crippen molar-refractivity contribution in [3.05, 3.63) is 54.1 Å². The van der Waals surface area contributed by atoms with Crippen molar-refractivity contribution < 1.29 is 31.1 Å². The monoisotopic (exact) mass is 456 g/mol. The van der Waals surface area contributed by atoms with Gasteiger partial charge >= 0.3 is 6.18 Å². The zero-order chi connectivity index (χ0) is 22.5. The average Bonchev–Trinajstić information content (AvgIpc) is 3.27. The van der Waals surface area contributed by atoms with Crippen LogP contribution in [-0.2, 0) is 21.2 Å². The summed E-state index contributed by atoms with van der Waals surface area (Å²) in [6.45, 7) is -0.399. The van der Waals surface area contributed by atoms with Gasteiger partial charge in [0.25, 0.3) is 0 Å². The highest BCUT2D eigenvalue weighted by molar-refractivity contribution is 7.89. The van der Waals surface area contributed by atoms with Gasteiger partial charge in [0, 0.05) is 19.5 Å². The lowest BCUT2D eigenvalue weighted by Crippen LogP contribution is -2.27. The van der Waals surface area contributed by atoms with Crippen molar-refractivity contribution in [3.8, 4) is 5.75 Å². The number of benzene rings is 2. The number of hydrogen-bond acceptors (Lipinski definition) is 4. The number of sulfonamides is 1. The number of ether oxygens (including phenoxy) is 1. The van der Waals surface area contributed by atoms with Gasteiger partial charge in [0.2, 0.25) is 15.9 Å². The van der Waals surface area contributed by atoms with Gasteiger partial charge < -0.3 is 10.1 Å². The largest absolute Gasteiger partial charge is 0.482 e. The molecule has 0 aliphatic carbocycles. The van der Waals surface area contributed by atoms with Crippen LogP contribution < -0.4 is 10.1 Å². The van der Waals surface area contributed by atoms with Crippen molar-refractivity contribution in [1.82, 2.24) is 4.31 Å². The van der Waals surface area contributed by atoms with E-state index in [4.69, 9.17) is 4.74 Å². The van der Waals surface area contributed by atoms with Crippen LogP contribution in [0, 0.1) is 0 Å². The summed E-state index contributed by atoms with van der Waals surface area (Å²) in [6, 6.07) is 12.3. The summed E-state index contributed by atoms with van der Waals surface area (Å²) in [5.41, 5.74) is 0.931. The van der Waals surface area contributed by atoms with Crippen LogP contribution in [0.5, 0.6) is 5.75 Å². The lowest BCUT2D eigenvalue weighted by Gasteiger charge is -2.15. The minimum absolute atomic E-state index is 0.0651. The summed E-state index contributed by atoms with van der Waals surface area (Å²) in [6.07, 6.45) is -2.34. The average molecular weight is 456 g/mol. The van der Waals surface area contributed by atoms with Gasteiger partial charge in [-0.2, -0.15) is 17.5 Å². The third-order valence-corrected chi connectivity index (χ3v) is 6.73. The number of alkyl halides is 3. The van der Waals surface area contributed by atoms with Gasteiger partial charge in [-0.3, -0.25) is 4.79 Å². The van der Waals surface area contributed by atoms with Gasteiger partial charge in [-0.1, -0.05) is 24.3 Å². The number of amides is 1. The van der Waals surface area contributed by atoms with E-state index in [1.54, 1.807) is 18.2 Å². The Balaban J connectivity index is 1.56. The Labute approximate surface area is 179 Å². The molecule has 0 bridgehead atoms. The maximum atomic E-state index is 12.5. The first-order valence-corrected chi connectivity index (χ1v) is 11.3. The van der Waals surface area contributed by atoms with Crippen molar-refractivity contribution in [3.63, 3.8) is 0 Å². The third kappa shape index (κ3) is 6.44. The number of carbonyl (C=O) groups is 1. The molecule has 0 radical (unpaired) electrons. The predicted molar refractivity (Wildman–Crippen MR) is 109 cm³/mol. The summed E-state index contributed by atoms with van der Waals surface area (Å²) in [5, 5.41) is 2.56. The molecule has 0 atom stereocenters. The molecule has 1 saturated heterocycles. The first-order valence-electron chi connectivity index (χ1n) is 9.83. The van der Waals surface area contributed by atoms with E-state index in [1.807, 2.05) is 0 Å². The number of halogens is 3. The molecule has 3 rings (SSSR count). The lowest BCUT2D eigenvalue weighted by atomic mass is 10.1. The van der Waals surface area contributed by atoms with E-state index in [0.717, 1.165) is 18.4 Å². The van der Waals surface area contributed by atoms with E-state index in [2.05, 4.69) is 5.32 Å². The number of hydrogen-bond donors (Lipinski definition) is 1. The number of rotatable bonds is 8. The minimum atomic E-state index is -4.48. The molecule has 1 fully saturated rings. The molecule has 6 nitrogen and oxygen atoms in total. The number of aryl methyl sites for hydroxylation is 1. The van der Waals surface area contributed by atoms with Crippen molar-refractivity contribution in [1.29, 1.82) is 0 Å². The third-order valence-electron chi connectivity index (χ3n) is 4.82. The fourth-order valence-electron chi connectivity index (χ4n) is 3.23. The van der Waals surface area contributed by atoms with Crippen LogP contribution in [0.15, 0.2) is 53.4 Å². The molecule has 1 aliphatic heterocycles. The van der Waals surface area contributed by atoms with E-state index in [-0.39, 0.29) is 22.8 Å². The van der Waals surface area contributed by atoms with E-state index in [9.17, 15) is 26.4 Å². The van der Waals surface area contributed by atoms with E-state index in [0.29, 0.717) is 19.5 Å². The van der Waals surface area contributed by atoms with E-state index >= 15 is 0 Å². The number of para-hydroxylation sites is 2. The Morgan fingerprint density at radius 3 is 2.32 bits per heavy atom. The molecule has 2 aromatic rings. The summed E-state index contributed by atoms with van der Waals surface area (Å²) in [5.74, 6) is -0.457. The van der Waals surface area contributed by atoms with Gasteiger partial charge in [-0.05, 0) is 49.1 Å². The molecule has 1 heterocycles. The van der Waals surface area contributed by atoms with Crippen molar-refractivity contribution in [2.75, 3.05) is 25.0 Å². The van der Waals surface area contributed by atoms with Gasteiger partial charge in [0.15, 0.2) is 6.61 Å². The summed E-state index contributed by atoms with van der Waals surface area (Å²) >= 11 is 0.